The van der Waals surface area contributed by atoms with E-state index in [2.05, 4.69) is 0 Å². The number of hydrogen-bond donors (Lipinski definition) is 2. The number of benzene rings is 1. The van der Waals surface area contributed by atoms with Crippen molar-refractivity contribution < 1.29 is 9.84 Å². The van der Waals surface area contributed by atoms with Crippen LogP contribution in [0.3, 0.4) is 0 Å². The third kappa shape index (κ3) is 3.09. The minimum atomic E-state index is -0.656. The van der Waals surface area contributed by atoms with Crippen molar-refractivity contribution in [1.29, 1.82) is 0 Å². The molecule has 90 valence electrons. The Bertz CT molecular complexity index is 360. The minimum absolute atomic E-state index is 0.0447. The van der Waals surface area contributed by atoms with Crippen molar-refractivity contribution in [2.24, 2.45) is 5.73 Å². The summed E-state index contributed by atoms with van der Waals surface area (Å²) in [5.41, 5.74) is 5.87. The van der Waals surface area contributed by atoms with E-state index < -0.39 is 5.60 Å². The first-order valence-electron chi connectivity index (χ1n) is 4.94. The molecule has 1 aromatic rings. The first-order chi connectivity index (χ1) is 7.53. The van der Waals surface area contributed by atoms with Crippen LogP contribution in [0.25, 0.3) is 0 Å². The molecule has 0 heterocycles. The molecule has 1 aromatic carbocycles. The summed E-state index contributed by atoms with van der Waals surface area (Å²) < 4.78 is 5.53. The van der Waals surface area contributed by atoms with Gasteiger partial charge in [-0.25, -0.2) is 0 Å². The van der Waals surface area contributed by atoms with Crippen LogP contribution in [0.1, 0.15) is 12.5 Å². The Hall–Kier alpha value is -0.320. The van der Waals surface area contributed by atoms with Crippen LogP contribution >= 0.6 is 23.2 Å². The lowest BCUT2D eigenvalue weighted by atomic mass is 9.96. The molecule has 16 heavy (non-hydrogen) atoms. The molecule has 0 aliphatic heterocycles. The first-order valence-corrected chi connectivity index (χ1v) is 5.69. The Morgan fingerprint density at radius 3 is 2.56 bits per heavy atom. The highest BCUT2D eigenvalue weighted by Crippen LogP contribution is 2.30. The van der Waals surface area contributed by atoms with Crippen molar-refractivity contribution in [3.63, 3.8) is 0 Å². The highest BCUT2D eigenvalue weighted by molar-refractivity contribution is 6.42. The van der Waals surface area contributed by atoms with Crippen molar-refractivity contribution in [3.05, 3.63) is 33.8 Å². The molecule has 5 heteroatoms. The highest BCUT2D eigenvalue weighted by atomic mass is 35.5. The lowest BCUT2D eigenvalue weighted by Gasteiger charge is -2.29. The Kier molecular flexibility index (Phi) is 5.02. The van der Waals surface area contributed by atoms with Crippen LogP contribution in [0.5, 0.6) is 0 Å². The smallest absolute Gasteiger partial charge is 0.103 e. The van der Waals surface area contributed by atoms with Crippen molar-refractivity contribution >= 4 is 23.2 Å². The number of aliphatic hydroxyl groups is 1. The molecular weight excluding hydrogens is 249 g/mol. The molecule has 0 saturated heterocycles. The summed E-state index contributed by atoms with van der Waals surface area (Å²) in [5, 5.41) is 9.71. The van der Waals surface area contributed by atoms with E-state index in [9.17, 15) is 0 Å². The van der Waals surface area contributed by atoms with Gasteiger partial charge in [0, 0.05) is 6.54 Å². The number of halogens is 2. The van der Waals surface area contributed by atoms with Crippen molar-refractivity contribution in [2.75, 3.05) is 19.8 Å². The fraction of sp³-hybridized carbons (Fsp3) is 0.455. The van der Waals surface area contributed by atoms with E-state index in [0.29, 0.717) is 16.6 Å². The first kappa shape index (κ1) is 13.7. The van der Waals surface area contributed by atoms with Gasteiger partial charge in [0.15, 0.2) is 0 Å². The standard InChI is InChI=1S/C11H15Cl2NO2/c1-11(7-14,16-5-4-15)8-2-3-9(12)10(13)6-8/h2-3,6,15H,4-5,7,14H2,1H3. The van der Waals surface area contributed by atoms with Crippen molar-refractivity contribution in [1.82, 2.24) is 0 Å². The molecule has 0 radical (unpaired) electrons. The third-order valence-corrected chi connectivity index (χ3v) is 3.17. The van der Waals surface area contributed by atoms with Gasteiger partial charge in [-0.05, 0) is 24.6 Å². The highest BCUT2D eigenvalue weighted by Gasteiger charge is 2.26. The molecule has 0 spiro atoms. The topological polar surface area (TPSA) is 55.5 Å². The molecule has 0 aliphatic rings. The lowest BCUT2D eigenvalue weighted by molar-refractivity contribution is -0.0437. The van der Waals surface area contributed by atoms with E-state index in [0.717, 1.165) is 5.56 Å². The summed E-state index contributed by atoms with van der Waals surface area (Å²) in [4.78, 5) is 0. The Labute approximate surface area is 105 Å². The number of hydrogen-bond acceptors (Lipinski definition) is 3. The fourth-order valence-corrected chi connectivity index (χ4v) is 1.65. The summed E-state index contributed by atoms with van der Waals surface area (Å²) in [6, 6.07) is 5.25. The van der Waals surface area contributed by atoms with E-state index in [1.54, 1.807) is 12.1 Å². The largest absolute Gasteiger partial charge is 0.394 e. The predicted molar refractivity (Wildman–Crippen MR) is 65.9 cm³/mol. The van der Waals surface area contributed by atoms with Crippen LogP contribution in [-0.2, 0) is 10.3 Å². The maximum Gasteiger partial charge on any atom is 0.103 e. The summed E-state index contributed by atoms with van der Waals surface area (Å²) in [6.07, 6.45) is 0. The van der Waals surface area contributed by atoms with Gasteiger partial charge < -0.3 is 15.6 Å². The maximum absolute atomic E-state index is 8.76. The van der Waals surface area contributed by atoms with Crippen LogP contribution in [0.4, 0.5) is 0 Å². The summed E-state index contributed by atoms with van der Waals surface area (Å²) >= 11 is 11.8. The van der Waals surface area contributed by atoms with Gasteiger partial charge in [0.05, 0.1) is 23.3 Å². The zero-order valence-electron chi connectivity index (χ0n) is 9.04. The molecule has 3 nitrogen and oxygen atoms in total. The molecule has 0 fully saturated rings. The summed E-state index contributed by atoms with van der Waals surface area (Å²) in [6.45, 7) is 2.33. The summed E-state index contributed by atoms with van der Waals surface area (Å²) in [5.74, 6) is 0. The average molecular weight is 264 g/mol. The maximum atomic E-state index is 8.76. The molecule has 1 rings (SSSR count). The molecule has 0 aliphatic carbocycles. The van der Waals surface area contributed by atoms with E-state index in [1.807, 2.05) is 13.0 Å². The van der Waals surface area contributed by atoms with E-state index in [1.165, 1.54) is 0 Å². The molecule has 1 unspecified atom stereocenters. The SMILES string of the molecule is CC(CN)(OCCO)c1ccc(Cl)c(Cl)c1. The van der Waals surface area contributed by atoms with Gasteiger partial charge in [0.25, 0.3) is 0 Å². The molecule has 0 bridgehead atoms. The van der Waals surface area contributed by atoms with Crippen LogP contribution in [-0.4, -0.2) is 24.9 Å². The molecule has 1 atom stereocenters. The Morgan fingerprint density at radius 1 is 1.38 bits per heavy atom. The second-order valence-electron chi connectivity index (χ2n) is 3.64. The molecule has 0 aromatic heterocycles. The van der Waals surface area contributed by atoms with Gasteiger partial charge in [-0.15, -0.1) is 0 Å². The Balaban J connectivity index is 2.97. The van der Waals surface area contributed by atoms with Gasteiger partial charge in [-0.2, -0.15) is 0 Å². The third-order valence-electron chi connectivity index (χ3n) is 2.43. The van der Waals surface area contributed by atoms with Gasteiger partial charge in [-0.1, -0.05) is 29.3 Å². The Morgan fingerprint density at radius 2 is 2.06 bits per heavy atom. The van der Waals surface area contributed by atoms with Crippen LogP contribution < -0.4 is 5.73 Å². The van der Waals surface area contributed by atoms with E-state index >= 15 is 0 Å². The van der Waals surface area contributed by atoms with Gasteiger partial charge in [0.2, 0.25) is 0 Å². The number of aliphatic hydroxyl groups excluding tert-OH is 1. The molecule has 0 saturated carbocycles. The minimum Gasteiger partial charge on any atom is -0.394 e. The number of nitrogens with two attached hydrogens (primary N) is 1. The monoisotopic (exact) mass is 263 g/mol. The number of rotatable bonds is 5. The van der Waals surface area contributed by atoms with Crippen molar-refractivity contribution in [3.8, 4) is 0 Å². The lowest BCUT2D eigenvalue weighted by Crippen LogP contribution is -2.35. The zero-order chi connectivity index (χ0) is 12.2. The fourth-order valence-electron chi connectivity index (χ4n) is 1.36. The van der Waals surface area contributed by atoms with Gasteiger partial charge in [0.1, 0.15) is 5.60 Å². The van der Waals surface area contributed by atoms with Gasteiger partial charge >= 0.3 is 0 Å². The van der Waals surface area contributed by atoms with E-state index in [4.69, 9.17) is 38.8 Å². The molecular formula is C11H15Cl2NO2. The van der Waals surface area contributed by atoms with Crippen LogP contribution in [0.15, 0.2) is 18.2 Å². The zero-order valence-corrected chi connectivity index (χ0v) is 10.6. The predicted octanol–water partition coefficient (Wildman–Crippen LogP) is 2.18. The van der Waals surface area contributed by atoms with E-state index in [-0.39, 0.29) is 13.2 Å². The average Bonchev–Trinajstić information content (AvgIpc) is 2.29. The quantitative estimate of drug-likeness (QED) is 0.857. The van der Waals surface area contributed by atoms with Gasteiger partial charge in [-0.3, -0.25) is 0 Å². The molecule has 0 amide bonds. The number of ether oxygens (including phenoxy) is 1. The summed E-state index contributed by atoms with van der Waals surface area (Å²) in [7, 11) is 0. The second-order valence-corrected chi connectivity index (χ2v) is 4.45. The normalized spacial score (nSPS) is 14.8. The molecule has 3 N–H and O–H groups in total. The second kappa shape index (κ2) is 5.84. The van der Waals surface area contributed by atoms with Crippen LogP contribution in [0.2, 0.25) is 10.0 Å². The van der Waals surface area contributed by atoms with Crippen LogP contribution in [0, 0.1) is 0 Å². The van der Waals surface area contributed by atoms with Crippen molar-refractivity contribution in [2.45, 2.75) is 12.5 Å².